The number of aryl methyl sites for hydroxylation is 1. The minimum absolute atomic E-state index is 0.209. The van der Waals surface area contributed by atoms with Gasteiger partial charge in [0.05, 0.1) is 16.1 Å². The number of carbonyl (C=O) groups excluding carboxylic acids is 1. The molecule has 0 atom stereocenters. The number of amides is 1. The predicted molar refractivity (Wildman–Crippen MR) is 99.6 cm³/mol. The summed E-state index contributed by atoms with van der Waals surface area (Å²) in [4.78, 5) is 17.4. The SMILES string of the molecule is CNC(=O)c1ccc2c(c1)c1nc(C)sc1n2-c1ccc(C(F)(F)F)cc1. The monoisotopic (exact) mass is 389 g/mol. The molecule has 0 saturated carbocycles. The van der Waals surface area contributed by atoms with Crippen molar-refractivity contribution in [3.8, 4) is 5.69 Å². The number of nitrogens with zero attached hydrogens (tertiary/aromatic N) is 2. The van der Waals surface area contributed by atoms with Gasteiger partial charge in [-0.25, -0.2) is 4.98 Å². The maximum atomic E-state index is 12.9. The Balaban J connectivity index is 1.97. The minimum Gasteiger partial charge on any atom is -0.355 e. The van der Waals surface area contributed by atoms with E-state index >= 15 is 0 Å². The van der Waals surface area contributed by atoms with E-state index in [-0.39, 0.29) is 5.91 Å². The molecule has 1 amide bonds. The quantitative estimate of drug-likeness (QED) is 0.529. The molecular formula is C19H14F3N3OS. The molecule has 2 heterocycles. The summed E-state index contributed by atoms with van der Waals surface area (Å²) >= 11 is 1.46. The Kier molecular flexibility index (Phi) is 3.96. The van der Waals surface area contributed by atoms with Crippen molar-refractivity contribution in [3.63, 3.8) is 0 Å². The predicted octanol–water partition coefficient (Wildman–Crippen LogP) is 4.93. The van der Waals surface area contributed by atoms with E-state index in [4.69, 9.17) is 0 Å². The molecule has 0 saturated heterocycles. The molecule has 8 heteroatoms. The lowest BCUT2D eigenvalue weighted by Gasteiger charge is -2.10. The zero-order valence-electron chi connectivity index (χ0n) is 14.4. The van der Waals surface area contributed by atoms with Crippen LogP contribution in [0.25, 0.3) is 26.9 Å². The molecule has 4 rings (SSSR count). The highest BCUT2D eigenvalue weighted by Crippen LogP contribution is 2.36. The second-order valence-corrected chi connectivity index (χ2v) is 7.26. The third-order valence-corrected chi connectivity index (χ3v) is 5.31. The third kappa shape index (κ3) is 2.86. The van der Waals surface area contributed by atoms with Gasteiger partial charge < -0.3 is 5.32 Å². The van der Waals surface area contributed by atoms with Crippen LogP contribution in [0.3, 0.4) is 0 Å². The number of nitrogens with one attached hydrogen (secondary N) is 1. The van der Waals surface area contributed by atoms with Crippen molar-refractivity contribution in [1.29, 1.82) is 0 Å². The number of halogens is 3. The van der Waals surface area contributed by atoms with E-state index in [0.717, 1.165) is 38.4 Å². The lowest BCUT2D eigenvalue weighted by Crippen LogP contribution is -2.17. The number of carbonyl (C=O) groups is 1. The minimum atomic E-state index is -4.38. The fourth-order valence-electron chi connectivity index (χ4n) is 3.11. The van der Waals surface area contributed by atoms with E-state index in [2.05, 4.69) is 10.3 Å². The van der Waals surface area contributed by atoms with E-state index < -0.39 is 11.7 Å². The molecule has 138 valence electrons. The molecule has 27 heavy (non-hydrogen) atoms. The van der Waals surface area contributed by atoms with E-state index in [1.54, 1.807) is 25.2 Å². The molecular weight excluding hydrogens is 375 g/mol. The highest BCUT2D eigenvalue weighted by molar-refractivity contribution is 7.18. The first-order valence-electron chi connectivity index (χ1n) is 8.11. The highest BCUT2D eigenvalue weighted by atomic mass is 32.1. The van der Waals surface area contributed by atoms with Crippen LogP contribution < -0.4 is 5.32 Å². The zero-order valence-corrected chi connectivity index (χ0v) is 15.2. The Morgan fingerprint density at radius 2 is 1.85 bits per heavy atom. The number of thiazole rings is 1. The number of alkyl halides is 3. The first kappa shape index (κ1) is 17.5. The first-order valence-corrected chi connectivity index (χ1v) is 8.92. The molecule has 0 unspecified atom stereocenters. The zero-order chi connectivity index (χ0) is 19.3. The van der Waals surface area contributed by atoms with Gasteiger partial charge in [0.2, 0.25) is 0 Å². The van der Waals surface area contributed by atoms with Crippen molar-refractivity contribution in [2.24, 2.45) is 0 Å². The summed E-state index contributed by atoms with van der Waals surface area (Å²) in [7, 11) is 1.56. The van der Waals surface area contributed by atoms with Gasteiger partial charge in [-0.05, 0) is 49.4 Å². The van der Waals surface area contributed by atoms with Crippen molar-refractivity contribution in [3.05, 3.63) is 58.6 Å². The van der Waals surface area contributed by atoms with Crippen LogP contribution >= 0.6 is 11.3 Å². The maximum absolute atomic E-state index is 12.9. The summed E-state index contributed by atoms with van der Waals surface area (Å²) in [6, 6.07) is 10.3. The van der Waals surface area contributed by atoms with Gasteiger partial charge in [0, 0.05) is 23.7 Å². The number of aromatic nitrogens is 2. The van der Waals surface area contributed by atoms with Crippen molar-refractivity contribution in [2.75, 3.05) is 7.05 Å². The van der Waals surface area contributed by atoms with Crippen molar-refractivity contribution >= 4 is 38.5 Å². The second-order valence-electron chi connectivity index (χ2n) is 6.08. The molecule has 0 radical (unpaired) electrons. The van der Waals surface area contributed by atoms with Crippen LogP contribution in [-0.4, -0.2) is 22.5 Å². The highest BCUT2D eigenvalue weighted by Gasteiger charge is 2.30. The van der Waals surface area contributed by atoms with Gasteiger partial charge in [-0.15, -0.1) is 11.3 Å². The molecule has 0 aliphatic heterocycles. The Labute approximate surface area is 156 Å². The Morgan fingerprint density at radius 3 is 2.48 bits per heavy atom. The van der Waals surface area contributed by atoms with Gasteiger partial charge in [-0.2, -0.15) is 13.2 Å². The first-order chi connectivity index (χ1) is 12.8. The fraction of sp³-hybridized carbons (Fsp3) is 0.158. The van der Waals surface area contributed by atoms with Crippen LogP contribution in [0.15, 0.2) is 42.5 Å². The summed E-state index contributed by atoms with van der Waals surface area (Å²) in [6.45, 7) is 1.87. The largest absolute Gasteiger partial charge is 0.416 e. The van der Waals surface area contributed by atoms with Gasteiger partial charge >= 0.3 is 6.18 Å². The summed E-state index contributed by atoms with van der Waals surface area (Å²) in [5.74, 6) is -0.209. The summed E-state index contributed by atoms with van der Waals surface area (Å²) in [6.07, 6.45) is -4.38. The molecule has 4 aromatic rings. The van der Waals surface area contributed by atoms with Crippen molar-refractivity contribution < 1.29 is 18.0 Å². The maximum Gasteiger partial charge on any atom is 0.416 e. The van der Waals surface area contributed by atoms with Gasteiger partial charge in [0.25, 0.3) is 5.91 Å². The Hall–Kier alpha value is -2.87. The molecule has 2 aromatic carbocycles. The van der Waals surface area contributed by atoms with Crippen LogP contribution in [0.1, 0.15) is 20.9 Å². The van der Waals surface area contributed by atoms with Crippen LogP contribution in [-0.2, 0) is 6.18 Å². The summed E-state index contributed by atoms with van der Waals surface area (Å²) < 4.78 is 40.5. The number of hydrogen-bond donors (Lipinski definition) is 1. The average molecular weight is 389 g/mol. The topological polar surface area (TPSA) is 46.9 Å². The molecule has 2 aromatic heterocycles. The van der Waals surface area contributed by atoms with Crippen LogP contribution in [0.4, 0.5) is 13.2 Å². The van der Waals surface area contributed by atoms with Crippen molar-refractivity contribution in [2.45, 2.75) is 13.1 Å². The second kappa shape index (κ2) is 6.09. The van der Waals surface area contributed by atoms with E-state index in [1.807, 2.05) is 11.5 Å². The lowest BCUT2D eigenvalue weighted by molar-refractivity contribution is -0.137. The Bertz CT molecular complexity index is 1170. The Morgan fingerprint density at radius 1 is 1.15 bits per heavy atom. The van der Waals surface area contributed by atoms with Crippen LogP contribution in [0.5, 0.6) is 0 Å². The number of benzene rings is 2. The van der Waals surface area contributed by atoms with E-state index in [0.29, 0.717) is 11.3 Å². The lowest BCUT2D eigenvalue weighted by atomic mass is 10.1. The van der Waals surface area contributed by atoms with Gasteiger partial charge in [0.1, 0.15) is 10.3 Å². The van der Waals surface area contributed by atoms with Crippen LogP contribution in [0, 0.1) is 6.92 Å². The molecule has 0 bridgehead atoms. The number of hydrogen-bond acceptors (Lipinski definition) is 3. The molecule has 0 aliphatic rings. The third-order valence-electron chi connectivity index (χ3n) is 4.35. The standard InChI is InChI=1S/C19H14F3N3OS/c1-10-24-16-14-9-11(17(26)23-2)3-8-15(14)25(18(16)27-10)13-6-4-12(5-7-13)19(20,21)22/h3-9H,1-2H3,(H,23,26). The molecule has 4 nitrogen and oxygen atoms in total. The summed E-state index contributed by atoms with van der Waals surface area (Å²) in [5.41, 5.74) is 1.94. The fourth-order valence-corrected chi connectivity index (χ4v) is 4.08. The van der Waals surface area contributed by atoms with Gasteiger partial charge in [-0.3, -0.25) is 9.36 Å². The smallest absolute Gasteiger partial charge is 0.355 e. The van der Waals surface area contributed by atoms with E-state index in [1.165, 1.54) is 23.5 Å². The molecule has 0 aliphatic carbocycles. The van der Waals surface area contributed by atoms with Gasteiger partial charge in [0.15, 0.2) is 0 Å². The van der Waals surface area contributed by atoms with E-state index in [9.17, 15) is 18.0 Å². The average Bonchev–Trinajstić information content (AvgIpc) is 3.14. The van der Waals surface area contributed by atoms with Crippen molar-refractivity contribution in [1.82, 2.24) is 14.9 Å². The van der Waals surface area contributed by atoms with Crippen LogP contribution in [0.2, 0.25) is 0 Å². The number of fused-ring (bicyclic) bond motifs is 3. The molecule has 1 N–H and O–H groups in total. The van der Waals surface area contributed by atoms with Gasteiger partial charge in [-0.1, -0.05) is 0 Å². The summed E-state index contributed by atoms with van der Waals surface area (Å²) in [5, 5.41) is 4.22. The molecule has 0 fully saturated rings. The normalized spacial score (nSPS) is 12.0. The number of rotatable bonds is 2. The molecule has 0 spiro atoms.